The topological polar surface area (TPSA) is 79.6 Å². The number of hydrogen-bond acceptors (Lipinski definition) is 6. The summed E-state index contributed by atoms with van der Waals surface area (Å²) in [6.07, 6.45) is -4.06. The maximum atomic E-state index is 13.4. The number of aryl methyl sites for hydroxylation is 1. The van der Waals surface area contributed by atoms with Crippen LogP contribution in [-0.4, -0.2) is 46.8 Å². The Morgan fingerprint density at radius 2 is 1.81 bits per heavy atom. The minimum absolute atomic E-state index is 0.0613. The molecule has 1 aliphatic rings. The number of nitrogens with zero attached hydrogens (tertiary/aromatic N) is 3. The lowest BCUT2D eigenvalue weighted by Gasteiger charge is -2.34. The normalized spacial score (nSPS) is 15.8. The molecular formula is C26H29F3N4O3. The van der Waals surface area contributed by atoms with Crippen molar-refractivity contribution in [2.24, 2.45) is 0 Å². The molecule has 1 saturated heterocycles. The quantitative estimate of drug-likeness (QED) is 0.474. The van der Waals surface area contributed by atoms with Gasteiger partial charge in [-0.05, 0) is 56.5 Å². The largest absolute Gasteiger partial charge is 0.416 e. The van der Waals surface area contributed by atoms with Gasteiger partial charge in [0.15, 0.2) is 0 Å². The lowest BCUT2D eigenvalue weighted by atomic mass is 10.0. The molecule has 36 heavy (non-hydrogen) atoms. The summed E-state index contributed by atoms with van der Waals surface area (Å²) < 4.78 is 45.7. The second-order valence-electron chi connectivity index (χ2n) is 8.71. The third-order valence-corrected chi connectivity index (χ3v) is 6.27. The molecule has 1 atom stereocenters. The molecule has 192 valence electrons. The first kappa shape index (κ1) is 25.9. The van der Waals surface area contributed by atoms with Gasteiger partial charge in [-0.3, -0.25) is 14.7 Å². The number of aromatic nitrogens is 2. The van der Waals surface area contributed by atoms with E-state index in [9.17, 15) is 23.1 Å². The van der Waals surface area contributed by atoms with E-state index >= 15 is 0 Å². The Balaban J connectivity index is 1.69. The molecule has 1 fully saturated rings. The van der Waals surface area contributed by atoms with E-state index in [1.807, 2.05) is 36.1 Å². The predicted molar refractivity (Wildman–Crippen MR) is 131 cm³/mol. The molecular weight excluding hydrogens is 473 g/mol. The maximum Gasteiger partial charge on any atom is 0.416 e. The Bertz CT molecular complexity index is 1240. The van der Waals surface area contributed by atoms with Crippen LogP contribution >= 0.6 is 0 Å². The SMILES string of the molecule is CCO[C@@H](O)NC1CCN(c2cc(=O)n(-c3ccc(C(F)(F)F)cc3)c(-c3ccccc3C)n2)CC1. The fraction of sp³-hybridized carbons (Fsp3) is 0.385. The fourth-order valence-electron chi connectivity index (χ4n) is 4.37. The average molecular weight is 503 g/mol. The number of piperidine rings is 1. The summed E-state index contributed by atoms with van der Waals surface area (Å²) in [6, 6.07) is 13.4. The van der Waals surface area contributed by atoms with Crippen LogP contribution in [0.3, 0.4) is 0 Å². The highest BCUT2D eigenvalue weighted by atomic mass is 19.4. The van der Waals surface area contributed by atoms with Gasteiger partial charge in [0.1, 0.15) is 11.6 Å². The van der Waals surface area contributed by atoms with Crippen molar-refractivity contribution in [1.82, 2.24) is 14.9 Å². The smallest absolute Gasteiger partial charge is 0.356 e. The summed E-state index contributed by atoms with van der Waals surface area (Å²) in [5.41, 5.74) is 0.734. The molecule has 0 unspecified atom stereocenters. The molecule has 0 radical (unpaired) electrons. The molecule has 10 heteroatoms. The molecule has 1 aliphatic heterocycles. The van der Waals surface area contributed by atoms with Crippen molar-refractivity contribution in [2.45, 2.75) is 45.3 Å². The van der Waals surface area contributed by atoms with E-state index in [0.717, 1.165) is 17.7 Å². The van der Waals surface area contributed by atoms with Crippen LogP contribution in [0.25, 0.3) is 17.1 Å². The molecule has 3 aromatic rings. The van der Waals surface area contributed by atoms with E-state index in [2.05, 4.69) is 5.32 Å². The molecule has 0 spiro atoms. The van der Waals surface area contributed by atoms with Gasteiger partial charge >= 0.3 is 6.18 Å². The summed E-state index contributed by atoms with van der Waals surface area (Å²) in [6.45, 7) is 5.32. The maximum absolute atomic E-state index is 13.4. The van der Waals surface area contributed by atoms with Gasteiger partial charge in [-0.2, -0.15) is 13.2 Å². The summed E-state index contributed by atoms with van der Waals surface area (Å²) >= 11 is 0. The molecule has 0 aliphatic carbocycles. The lowest BCUT2D eigenvalue weighted by molar-refractivity contribution is -0.137. The van der Waals surface area contributed by atoms with Crippen LogP contribution in [0.15, 0.2) is 59.4 Å². The Labute approximate surface area is 207 Å². The standard InChI is InChI=1S/C26H29F3N4O3/c1-3-36-25(35)30-19-12-14-32(15-13-19)22-16-23(34)33(20-10-8-18(9-11-20)26(27,28)29)24(31-22)21-7-5-4-6-17(21)2/h4-11,16,19,25,30,35H,3,12-15H2,1-2H3/t25-/m1/s1. The first-order valence-corrected chi connectivity index (χ1v) is 11.9. The van der Waals surface area contributed by atoms with Crippen LogP contribution in [0.4, 0.5) is 19.0 Å². The van der Waals surface area contributed by atoms with Gasteiger partial charge in [0, 0.05) is 37.4 Å². The fourth-order valence-corrected chi connectivity index (χ4v) is 4.37. The van der Waals surface area contributed by atoms with Gasteiger partial charge in [0.05, 0.1) is 11.3 Å². The predicted octanol–water partition coefficient (Wildman–Crippen LogP) is 4.10. The van der Waals surface area contributed by atoms with Crippen molar-refractivity contribution < 1.29 is 23.0 Å². The van der Waals surface area contributed by atoms with Crippen LogP contribution in [0.1, 0.15) is 30.9 Å². The Kier molecular flexibility index (Phi) is 7.77. The van der Waals surface area contributed by atoms with E-state index in [1.165, 1.54) is 22.8 Å². The molecule has 0 amide bonds. The number of benzene rings is 2. The van der Waals surface area contributed by atoms with Gasteiger partial charge in [0.25, 0.3) is 5.56 Å². The number of ether oxygens (including phenoxy) is 1. The zero-order valence-corrected chi connectivity index (χ0v) is 20.1. The zero-order chi connectivity index (χ0) is 25.9. The Hall–Kier alpha value is -3.21. The molecule has 1 aromatic heterocycles. The first-order chi connectivity index (χ1) is 17.2. The molecule has 0 bridgehead atoms. The van der Waals surface area contributed by atoms with Gasteiger partial charge < -0.3 is 14.7 Å². The van der Waals surface area contributed by atoms with Crippen LogP contribution < -0.4 is 15.8 Å². The van der Waals surface area contributed by atoms with Crippen molar-refractivity contribution in [3.63, 3.8) is 0 Å². The summed E-state index contributed by atoms with van der Waals surface area (Å²) in [7, 11) is 0. The van der Waals surface area contributed by atoms with Gasteiger partial charge in [-0.25, -0.2) is 4.98 Å². The van der Waals surface area contributed by atoms with E-state index in [1.54, 1.807) is 6.92 Å². The summed E-state index contributed by atoms with van der Waals surface area (Å²) in [5, 5.41) is 12.9. The number of aliphatic hydroxyl groups excluding tert-OH is 1. The molecule has 0 saturated carbocycles. The number of anilines is 1. The van der Waals surface area contributed by atoms with Crippen molar-refractivity contribution in [2.75, 3.05) is 24.6 Å². The second kappa shape index (κ2) is 10.8. The second-order valence-corrected chi connectivity index (χ2v) is 8.71. The molecule has 7 nitrogen and oxygen atoms in total. The van der Waals surface area contributed by atoms with Crippen LogP contribution in [0.2, 0.25) is 0 Å². The highest BCUT2D eigenvalue weighted by Gasteiger charge is 2.30. The molecule has 4 rings (SSSR count). The van der Waals surface area contributed by atoms with E-state index < -0.39 is 18.2 Å². The molecule has 2 heterocycles. The lowest BCUT2D eigenvalue weighted by Crippen LogP contribution is -2.47. The van der Waals surface area contributed by atoms with Crippen LogP contribution in [-0.2, 0) is 10.9 Å². The van der Waals surface area contributed by atoms with E-state index in [0.29, 0.717) is 55.4 Å². The number of halogens is 3. The highest BCUT2D eigenvalue weighted by molar-refractivity contribution is 5.64. The summed E-state index contributed by atoms with van der Waals surface area (Å²) in [5.74, 6) is 0.868. The third-order valence-electron chi connectivity index (χ3n) is 6.27. The van der Waals surface area contributed by atoms with Gasteiger partial charge in [-0.15, -0.1) is 0 Å². The Morgan fingerprint density at radius 3 is 2.42 bits per heavy atom. The number of alkyl halides is 3. The number of nitrogens with one attached hydrogen (secondary N) is 1. The minimum atomic E-state index is -4.47. The van der Waals surface area contributed by atoms with Crippen molar-refractivity contribution in [1.29, 1.82) is 0 Å². The number of aliphatic hydroxyl groups is 1. The summed E-state index contributed by atoms with van der Waals surface area (Å²) in [4.78, 5) is 20.2. The van der Waals surface area contributed by atoms with Crippen molar-refractivity contribution in [3.05, 3.63) is 76.1 Å². The van der Waals surface area contributed by atoms with E-state index in [-0.39, 0.29) is 11.6 Å². The first-order valence-electron chi connectivity index (χ1n) is 11.9. The van der Waals surface area contributed by atoms with Gasteiger partial charge in [0.2, 0.25) is 6.41 Å². The van der Waals surface area contributed by atoms with Gasteiger partial charge in [-0.1, -0.05) is 24.3 Å². The molecule has 2 N–H and O–H groups in total. The molecule has 2 aromatic carbocycles. The monoisotopic (exact) mass is 502 g/mol. The highest BCUT2D eigenvalue weighted by Crippen LogP contribution is 2.31. The minimum Gasteiger partial charge on any atom is -0.356 e. The van der Waals surface area contributed by atoms with E-state index in [4.69, 9.17) is 9.72 Å². The zero-order valence-electron chi connectivity index (χ0n) is 20.1. The number of hydrogen-bond donors (Lipinski definition) is 2. The Morgan fingerprint density at radius 1 is 1.14 bits per heavy atom. The van der Waals surface area contributed by atoms with Crippen molar-refractivity contribution >= 4 is 5.82 Å². The van der Waals surface area contributed by atoms with Crippen LogP contribution in [0.5, 0.6) is 0 Å². The third kappa shape index (κ3) is 5.77. The number of rotatable bonds is 7. The average Bonchev–Trinajstić information content (AvgIpc) is 2.84. The van der Waals surface area contributed by atoms with Crippen LogP contribution in [0, 0.1) is 6.92 Å². The van der Waals surface area contributed by atoms with Crippen molar-refractivity contribution in [3.8, 4) is 17.1 Å².